The van der Waals surface area contributed by atoms with Gasteiger partial charge in [0.25, 0.3) is 0 Å². The minimum Gasteiger partial charge on any atom is -0.388 e. The van der Waals surface area contributed by atoms with Gasteiger partial charge in [0.2, 0.25) is 0 Å². The van der Waals surface area contributed by atoms with Gasteiger partial charge in [-0.3, -0.25) is 13.8 Å². The second kappa shape index (κ2) is 7.49. The summed E-state index contributed by atoms with van der Waals surface area (Å²) < 4.78 is 13.1. The van der Waals surface area contributed by atoms with Crippen molar-refractivity contribution >= 4 is 10.8 Å². The van der Waals surface area contributed by atoms with E-state index in [0.717, 1.165) is 38.9 Å². The van der Waals surface area contributed by atoms with Crippen molar-refractivity contribution in [3.8, 4) is 0 Å². The minimum atomic E-state index is -0.783. The van der Waals surface area contributed by atoms with Crippen molar-refractivity contribution in [2.75, 3.05) is 25.1 Å². The Bertz CT molecular complexity index is 840. The molecule has 0 bridgehead atoms. The molecule has 1 aliphatic carbocycles. The highest BCUT2D eigenvalue weighted by Gasteiger charge is 2.45. The van der Waals surface area contributed by atoms with Crippen LogP contribution in [0.25, 0.3) is 0 Å². The zero-order valence-corrected chi connectivity index (χ0v) is 17.0. The highest BCUT2D eigenvalue weighted by molar-refractivity contribution is 7.84. The number of fused-ring (bicyclic) bond motifs is 2. The van der Waals surface area contributed by atoms with Crippen molar-refractivity contribution in [2.24, 2.45) is 0 Å². The van der Waals surface area contributed by atoms with E-state index in [4.69, 9.17) is 0 Å². The molecule has 1 aromatic carbocycles. The van der Waals surface area contributed by atoms with Crippen LogP contribution in [0, 0.1) is 6.92 Å². The second-order valence-electron chi connectivity index (χ2n) is 8.20. The Morgan fingerprint density at radius 3 is 2.85 bits per heavy atom. The van der Waals surface area contributed by atoms with Gasteiger partial charge in [0.15, 0.2) is 0 Å². The van der Waals surface area contributed by atoms with Gasteiger partial charge < -0.3 is 5.11 Å². The SMILES string of the molecule is Cc1cccc2c1C(O)CC21CCN(Cc2cnn(CCS(C)=O)c2)CC1. The molecule has 1 fully saturated rings. The lowest BCUT2D eigenvalue weighted by Crippen LogP contribution is -2.41. The van der Waals surface area contributed by atoms with E-state index in [2.05, 4.69) is 41.3 Å². The fraction of sp³-hybridized carbons (Fsp3) is 0.571. The number of hydrogen-bond donors (Lipinski definition) is 1. The van der Waals surface area contributed by atoms with Crippen LogP contribution in [-0.4, -0.2) is 49.1 Å². The molecule has 2 aliphatic rings. The lowest BCUT2D eigenvalue weighted by Gasteiger charge is -2.40. The van der Waals surface area contributed by atoms with Gasteiger partial charge in [0, 0.05) is 46.5 Å². The maximum Gasteiger partial charge on any atom is 0.0804 e. The maximum absolute atomic E-state index is 11.2. The third kappa shape index (κ3) is 3.75. The number of aryl methyl sites for hydroxylation is 2. The van der Waals surface area contributed by atoms with Gasteiger partial charge in [-0.2, -0.15) is 5.10 Å². The first-order valence-corrected chi connectivity index (χ1v) is 11.5. The monoisotopic (exact) mass is 387 g/mol. The fourth-order valence-corrected chi connectivity index (χ4v) is 5.31. The molecule has 0 amide bonds. The van der Waals surface area contributed by atoms with E-state index >= 15 is 0 Å². The molecule has 2 aromatic rings. The van der Waals surface area contributed by atoms with E-state index < -0.39 is 10.8 Å². The number of aromatic nitrogens is 2. The van der Waals surface area contributed by atoms with Crippen molar-refractivity contribution in [1.29, 1.82) is 0 Å². The van der Waals surface area contributed by atoms with Crippen LogP contribution in [0.1, 0.15) is 47.6 Å². The topological polar surface area (TPSA) is 58.4 Å². The van der Waals surface area contributed by atoms with Gasteiger partial charge in [-0.15, -0.1) is 0 Å². The molecule has 4 rings (SSSR count). The van der Waals surface area contributed by atoms with Crippen LogP contribution in [0.2, 0.25) is 0 Å². The molecule has 1 aromatic heterocycles. The third-order valence-corrected chi connectivity index (χ3v) is 7.08. The standard InChI is InChI=1S/C21H29N3O2S/c1-16-4-3-5-18-20(16)19(25)12-21(18)6-8-23(9-7-21)14-17-13-22-24(15-17)10-11-27(2)26/h3-5,13,15,19,25H,6-12,14H2,1-2H3. The molecule has 27 heavy (non-hydrogen) atoms. The van der Waals surface area contributed by atoms with Gasteiger partial charge in [0.1, 0.15) is 0 Å². The largest absolute Gasteiger partial charge is 0.388 e. The lowest BCUT2D eigenvalue weighted by molar-refractivity contribution is 0.106. The minimum absolute atomic E-state index is 0.145. The van der Waals surface area contributed by atoms with Crippen LogP contribution in [-0.2, 0) is 29.3 Å². The summed E-state index contributed by atoms with van der Waals surface area (Å²) in [6.45, 7) is 5.82. The number of benzene rings is 1. The number of piperidine rings is 1. The van der Waals surface area contributed by atoms with Crippen molar-refractivity contribution in [3.05, 3.63) is 52.8 Å². The Hall–Kier alpha value is -1.50. The number of likely N-dealkylation sites (tertiary alicyclic amines) is 1. The summed E-state index contributed by atoms with van der Waals surface area (Å²) in [7, 11) is -0.783. The molecule has 0 saturated carbocycles. The molecular weight excluding hydrogens is 358 g/mol. The second-order valence-corrected chi connectivity index (χ2v) is 9.76. The molecule has 1 N–H and O–H groups in total. The van der Waals surface area contributed by atoms with Crippen LogP contribution >= 0.6 is 0 Å². The molecule has 5 nitrogen and oxygen atoms in total. The van der Waals surface area contributed by atoms with Crippen LogP contribution in [0.5, 0.6) is 0 Å². The van der Waals surface area contributed by atoms with Crippen LogP contribution in [0.3, 0.4) is 0 Å². The van der Waals surface area contributed by atoms with Crippen LogP contribution in [0.15, 0.2) is 30.6 Å². The molecule has 2 unspecified atom stereocenters. The van der Waals surface area contributed by atoms with E-state index in [1.54, 1.807) is 6.26 Å². The van der Waals surface area contributed by atoms with Crippen LogP contribution in [0.4, 0.5) is 0 Å². The number of rotatable bonds is 5. The number of aliphatic hydroxyl groups excluding tert-OH is 1. The quantitative estimate of drug-likeness (QED) is 0.857. The van der Waals surface area contributed by atoms with Crippen LogP contribution < -0.4 is 0 Å². The summed E-state index contributed by atoms with van der Waals surface area (Å²) in [6.07, 6.45) is 8.50. The third-order valence-electron chi connectivity index (χ3n) is 6.33. The Morgan fingerprint density at radius 1 is 1.33 bits per heavy atom. The van der Waals surface area contributed by atoms with E-state index in [-0.39, 0.29) is 11.5 Å². The van der Waals surface area contributed by atoms with Crippen molar-refractivity contribution in [2.45, 2.75) is 50.8 Å². The molecule has 2 atom stereocenters. The van der Waals surface area contributed by atoms with E-state index in [1.807, 2.05) is 10.9 Å². The summed E-state index contributed by atoms with van der Waals surface area (Å²) >= 11 is 0. The first-order chi connectivity index (χ1) is 13.0. The summed E-state index contributed by atoms with van der Waals surface area (Å²) in [5.74, 6) is 0.647. The Kier molecular flexibility index (Phi) is 5.23. The van der Waals surface area contributed by atoms with Gasteiger partial charge in [-0.1, -0.05) is 18.2 Å². The van der Waals surface area contributed by atoms with E-state index in [9.17, 15) is 9.32 Å². The molecule has 1 spiro atoms. The summed E-state index contributed by atoms with van der Waals surface area (Å²) in [6, 6.07) is 6.48. The molecule has 6 heteroatoms. The van der Waals surface area contributed by atoms with Crippen molar-refractivity contribution < 1.29 is 9.32 Å². The molecular formula is C21H29N3O2S. The molecule has 1 aliphatic heterocycles. The molecule has 0 radical (unpaired) electrons. The van der Waals surface area contributed by atoms with Crippen molar-refractivity contribution in [3.63, 3.8) is 0 Å². The lowest BCUT2D eigenvalue weighted by atomic mass is 9.73. The Morgan fingerprint density at radius 2 is 2.11 bits per heavy atom. The highest BCUT2D eigenvalue weighted by Crippen LogP contribution is 2.51. The molecule has 2 heterocycles. The summed E-state index contributed by atoms with van der Waals surface area (Å²) in [5.41, 5.74) is 5.15. The average Bonchev–Trinajstić information content (AvgIpc) is 3.19. The maximum atomic E-state index is 11.2. The van der Waals surface area contributed by atoms with Gasteiger partial charge in [-0.25, -0.2) is 0 Å². The Balaban J connectivity index is 1.39. The van der Waals surface area contributed by atoms with Gasteiger partial charge in [0.05, 0.1) is 18.8 Å². The predicted octanol–water partition coefficient (Wildman–Crippen LogP) is 2.54. The normalized spacial score (nSPS) is 22.9. The first-order valence-electron chi connectivity index (χ1n) is 9.79. The molecule has 146 valence electrons. The van der Waals surface area contributed by atoms with Gasteiger partial charge in [-0.05, 0) is 56.0 Å². The van der Waals surface area contributed by atoms with E-state index in [1.165, 1.54) is 22.3 Å². The number of hydrogen-bond acceptors (Lipinski definition) is 4. The average molecular weight is 388 g/mol. The first kappa shape index (κ1) is 18.8. The van der Waals surface area contributed by atoms with Gasteiger partial charge >= 0.3 is 0 Å². The summed E-state index contributed by atoms with van der Waals surface area (Å²) in [4.78, 5) is 2.49. The zero-order chi connectivity index (χ0) is 19.0. The Labute approximate surface area is 163 Å². The number of aliphatic hydroxyl groups is 1. The predicted molar refractivity (Wildman–Crippen MR) is 108 cm³/mol. The summed E-state index contributed by atoms with van der Waals surface area (Å²) in [5, 5.41) is 15.0. The fourth-order valence-electron chi connectivity index (χ4n) is 4.87. The zero-order valence-electron chi connectivity index (χ0n) is 16.2. The smallest absolute Gasteiger partial charge is 0.0804 e. The number of nitrogens with zero attached hydrogens (tertiary/aromatic N) is 3. The van der Waals surface area contributed by atoms with Crippen molar-refractivity contribution in [1.82, 2.24) is 14.7 Å². The highest BCUT2D eigenvalue weighted by atomic mass is 32.2. The van der Waals surface area contributed by atoms with E-state index in [0.29, 0.717) is 12.3 Å². The molecule has 1 saturated heterocycles.